The van der Waals surface area contributed by atoms with Crippen LogP contribution in [-0.2, 0) is 11.2 Å². The van der Waals surface area contributed by atoms with Crippen molar-refractivity contribution in [2.45, 2.75) is 26.2 Å². The molecule has 1 unspecified atom stereocenters. The van der Waals surface area contributed by atoms with Gasteiger partial charge in [0.15, 0.2) is 0 Å². The van der Waals surface area contributed by atoms with E-state index in [0.717, 1.165) is 18.4 Å². The highest BCUT2D eigenvalue weighted by atomic mass is 16.1. The zero-order valence-corrected chi connectivity index (χ0v) is 10.4. The molecule has 1 rings (SSSR count). The molecular formula is C13H21N3O. The van der Waals surface area contributed by atoms with Crippen LogP contribution < -0.4 is 11.1 Å². The normalized spacial score (nSPS) is 12.1. The van der Waals surface area contributed by atoms with Crippen LogP contribution in [0.1, 0.15) is 25.3 Å². The lowest BCUT2D eigenvalue weighted by Crippen LogP contribution is -2.29. The van der Waals surface area contributed by atoms with Crippen molar-refractivity contribution < 1.29 is 4.79 Å². The number of carbonyl (C=O) groups is 1. The summed E-state index contributed by atoms with van der Waals surface area (Å²) in [4.78, 5) is 15.6. The summed E-state index contributed by atoms with van der Waals surface area (Å²) < 4.78 is 0. The van der Waals surface area contributed by atoms with Crippen LogP contribution in [0, 0.1) is 5.92 Å². The second kappa shape index (κ2) is 7.79. The molecular weight excluding hydrogens is 214 g/mol. The molecule has 0 saturated carbocycles. The molecule has 94 valence electrons. The maximum absolute atomic E-state index is 11.6. The number of nitrogens with one attached hydrogen (secondary N) is 1. The van der Waals surface area contributed by atoms with Gasteiger partial charge in [0, 0.05) is 25.4 Å². The SMILES string of the molecule is CCC(CN)CC(=O)NCCc1cccnc1. The van der Waals surface area contributed by atoms with Crippen molar-refractivity contribution in [3.8, 4) is 0 Å². The first-order chi connectivity index (χ1) is 8.26. The van der Waals surface area contributed by atoms with Crippen molar-refractivity contribution in [2.75, 3.05) is 13.1 Å². The summed E-state index contributed by atoms with van der Waals surface area (Å²) in [6.07, 6.45) is 5.86. The Labute approximate surface area is 103 Å². The lowest BCUT2D eigenvalue weighted by Gasteiger charge is -2.11. The van der Waals surface area contributed by atoms with Gasteiger partial charge in [-0.1, -0.05) is 19.4 Å². The van der Waals surface area contributed by atoms with E-state index in [4.69, 9.17) is 5.73 Å². The lowest BCUT2D eigenvalue weighted by atomic mass is 10.0. The molecule has 0 fully saturated rings. The van der Waals surface area contributed by atoms with E-state index < -0.39 is 0 Å². The Morgan fingerprint density at radius 2 is 2.41 bits per heavy atom. The third-order valence-corrected chi connectivity index (χ3v) is 2.84. The van der Waals surface area contributed by atoms with Crippen LogP contribution in [0.15, 0.2) is 24.5 Å². The number of rotatable bonds is 7. The molecule has 1 aromatic heterocycles. The first kappa shape index (κ1) is 13.6. The topological polar surface area (TPSA) is 68.0 Å². The number of pyridine rings is 1. The molecule has 4 nitrogen and oxygen atoms in total. The van der Waals surface area contributed by atoms with Crippen molar-refractivity contribution in [2.24, 2.45) is 11.7 Å². The van der Waals surface area contributed by atoms with Crippen LogP contribution in [0.25, 0.3) is 0 Å². The van der Waals surface area contributed by atoms with Crippen molar-refractivity contribution in [3.05, 3.63) is 30.1 Å². The lowest BCUT2D eigenvalue weighted by molar-refractivity contribution is -0.121. The van der Waals surface area contributed by atoms with Gasteiger partial charge in [-0.15, -0.1) is 0 Å². The average molecular weight is 235 g/mol. The smallest absolute Gasteiger partial charge is 0.220 e. The highest BCUT2D eigenvalue weighted by molar-refractivity contribution is 5.76. The Morgan fingerprint density at radius 3 is 3.00 bits per heavy atom. The quantitative estimate of drug-likeness (QED) is 0.744. The van der Waals surface area contributed by atoms with E-state index in [1.54, 1.807) is 6.20 Å². The predicted octanol–water partition coefficient (Wildman–Crippen LogP) is 1.12. The first-order valence-corrected chi connectivity index (χ1v) is 6.12. The number of aromatic nitrogens is 1. The fourth-order valence-corrected chi connectivity index (χ4v) is 1.62. The van der Waals surface area contributed by atoms with Crippen LogP contribution in [0.2, 0.25) is 0 Å². The first-order valence-electron chi connectivity index (χ1n) is 6.12. The Bertz CT molecular complexity index is 323. The number of amides is 1. The maximum Gasteiger partial charge on any atom is 0.220 e. The van der Waals surface area contributed by atoms with Gasteiger partial charge < -0.3 is 11.1 Å². The van der Waals surface area contributed by atoms with Crippen molar-refractivity contribution >= 4 is 5.91 Å². The van der Waals surface area contributed by atoms with E-state index >= 15 is 0 Å². The van der Waals surface area contributed by atoms with Crippen molar-refractivity contribution in [1.82, 2.24) is 10.3 Å². The van der Waals surface area contributed by atoms with E-state index in [-0.39, 0.29) is 5.91 Å². The highest BCUT2D eigenvalue weighted by Gasteiger charge is 2.09. The standard InChI is InChI=1S/C13H21N3O/c1-2-11(9-14)8-13(17)16-7-5-12-4-3-6-15-10-12/h3-4,6,10-11H,2,5,7-9,14H2,1H3,(H,16,17). The summed E-state index contributed by atoms with van der Waals surface area (Å²) in [5.41, 5.74) is 6.70. The molecule has 0 bridgehead atoms. The number of carbonyl (C=O) groups excluding carboxylic acids is 1. The third-order valence-electron chi connectivity index (χ3n) is 2.84. The van der Waals surface area contributed by atoms with Gasteiger partial charge in [-0.25, -0.2) is 0 Å². The molecule has 1 amide bonds. The molecule has 1 heterocycles. The predicted molar refractivity (Wildman–Crippen MR) is 68.4 cm³/mol. The highest BCUT2D eigenvalue weighted by Crippen LogP contribution is 2.05. The van der Waals surface area contributed by atoms with Gasteiger partial charge in [-0.2, -0.15) is 0 Å². The van der Waals surface area contributed by atoms with Gasteiger partial charge >= 0.3 is 0 Å². The zero-order valence-electron chi connectivity index (χ0n) is 10.4. The van der Waals surface area contributed by atoms with Crippen molar-refractivity contribution in [1.29, 1.82) is 0 Å². The number of hydrogen-bond acceptors (Lipinski definition) is 3. The number of hydrogen-bond donors (Lipinski definition) is 2. The average Bonchev–Trinajstić information content (AvgIpc) is 2.37. The van der Waals surface area contributed by atoms with E-state index in [9.17, 15) is 4.79 Å². The van der Waals surface area contributed by atoms with Gasteiger partial charge in [-0.3, -0.25) is 9.78 Å². The van der Waals surface area contributed by atoms with Crippen LogP contribution in [0.5, 0.6) is 0 Å². The molecule has 1 aromatic rings. The largest absolute Gasteiger partial charge is 0.356 e. The molecule has 0 spiro atoms. The van der Waals surface area contributed by atoms with Gasteiger partial charge in [0.05, 0.1) is 0 Å². The zero-order chi connectivity index (χ0) is 12.5. The van der Waals surface area contributed by atoms with Crippen LogP contribution in [0.4, 0.5) is 0 Å². The number of nitrogens with two attached hydrogens (primary N) is 1. The summed E-state index contributed by atoms with van der Waals surface area (Å²) in [6.45, 7) is 3.29. The Hall–Kier alpha value is -1.42. The Kier molecular flexibility index (Phi) is 6.25. The molecule has 0 saturated heterocycles. The minimum absolute atomic E-state index is 0.0891. The third kappa shape index (κ3) is 5.45. The second-order valence-corrected chi connectivity index (χ2v) is 4.18. The van der Waals surface area contributed by atoms with E-state index in [1.807, 2.05) is 18.3 Å². The second-order valence-electron chi connectivity index (χ2n) is 4.18. The molecule has 3 N–H and O–H groups in total. The fraction of sp³-hybridized carbons (Fsp3) is 0.538. The number of nitrogens with zero attached hydrogens (tertiary/aromatic N) is 1. The maximum atomic E-state index is 11.6. The molecule has 4 heteroatoms. The summed E-state index contributed by atoms with van der Waals surface area (Å²) >= 11 is 0. The molecule has 0 radical (unpaired) electrons. The van der Waals surface area contributed by atoms with E-state index in [1.165, 1.54) is 0 Å². The molecule has 0 aromatic carbocycles. The van der Waals surface area contributed by atoms with E-state index in [0.29, 0.717) is 25.4 Å². The minimum atomic E-state index is 0.0891. The van der Waals surface area contributed by atoms with Gasteiger partial charge in [0.2, 0.25) is 5.91 Å². The van der Waals surface area contributed by atoms with Crippen molar-refractivity contribution in [3.63, 3.8) is 0 Å². The molecule has 1 atom stereocenters. The molecule has 0 aliphatic heterocycles. The fourth-order valence-electron chi connectivity index (χ4n) is 1.62. The summed E-state index contributed by atoms with van der Waals surface area (Å²) in [7, 11) is 0. The summed E-state index contributed by atoms with van der Waals surface area (Å²) in [5, 5.41) is 2.91. The van der Waals surface area contributed by atoms with Crippen LogP contribution >= 0.6 is 0 Å². The summed E-state index contributed by atoms with van der Waals surface area (Å²) in [5.74, 6) is 0.389. The van der Waals surface area contributed by atoms with Crippen LogP contribution in [0.3, 0.4) is 0 Å². The van der Waals surface area contributed by atoms with Crippen LogP contribution in [-0.4, -0.2) is 24.0 Å². The molecule has 0 aliphatic carbocycles. The van der Waals surface area contributed by atoms with Gasteiger partial charge in [0.25, 0.3) is 0 Å². The Balaban J connectivity index is 2.20. The minimum Gasteiger partial charge on any atom is -0.356 e. The summed E-state index contributed by atoms with van der Waals surface area (Å²) in [6, 6.07) is 3.91. The van der Waals surface area contributed by atoms with Gasteiger partial charge in [0.1, 0.15) is 0 Å². The molecule has 0 aliphatic rings. The van der Waals surface area contributed by atoms with Gasteiger partial charge in [-0.05, 0) is 30.5 Å². The van der Waals surface area contributed by atoms with E-state index in [2.05, 4.69) is 17.2 Å². The Morgan fingerprint density at radius 1 is 1.59 bits per heavy atom. The monoisotopic (exact) mass is 235 g/mol. The molecule has 17 heavy (non-hydrogen) atoms.